The topological polar surface area (TPSA) is 68.5 Å². The Morgan fingerprint density at radius 3 is 2.79 bits per heavy atom. The fraction of sp³-hybridized carbons (Fsp3) is 0.318. The first-order valence-electron chi connectivity index (χ1n) is 9.53. The van der Waals surface area contributed by atoms with Gasteiger partial charge in [-0.25, -0.2) is 0 Å². The maximum absolute atomic E-state index is 12.5. The maximum Gasteiger partial charge on any atom is 0.232 e. The normalized spacial score (nSPS) is 16.6. The Bertz CT molecular complexity index is 982. The number of nitrogens with zero attached hydrogens (tertiary/aromatic N) is 3. The van der Waals surface area contributed by atoms with Gasteiger partial charge in [0.2, 0.25) is 17.6 Å². The van der Waals surface area contributed by atoms with Crippen LogP contribution in [0.1, 0.15) is 36.3 Å². The minimum atomic E-state index is -0.0861. The van der Waals surface area contributed by atoms with Crippen molar-refractivity contribution in [3.63, 3.8) is 0 Å². The van der Waals surface area contributed by atoms with Crippen LogP contribution >= 0.6 is 0 Å². The summed E-state index contributed by atoms with van der Waals surface area (Å²) in [6, 6.07) is 15.8. The quantitative estimate of drug-likeness (QED) is 0.650. The molecule has 4 rings (SSSR count). The maximum atomic E-state index is 12.5. The number of benzene rings is 2. The Morgan fingerprint density at radius 2 is 1.96 bits per heavy atom. The monoisotopic (exact) mass is 377 g/mol. The molecular formula is C22H23N3O3. The van der Waals surface area contributed by atoms with Gasteiger partial charge in [0, 0.05) is 19.5 Å². The summed E-state index contributed by atoms with van der Waals surface area (Å²) in [5, 5.41) is 4.13. The molecule has 2 heterocycles. The summed E-state index contributed by atoms with van der Waals surface area (Å²) in [5.41, 5.74) is 3.14. The van der Waals surface area contributed by atoms with E-state index < -0.39 is 0 Å². The number of ether oxygens (including phenoxy) is 1. The Labute approximate surface area is 164 Å². The van der Waals surface area contributed by atoms with E-state index in [1.165, 1.54) is 5.56 Å². The summed E-state index contributed by atoms with van der Waals surface area (Å²) in [5.74, 6) is 1.74. The second-order valence-electron chi connectivity index (χ2n) is 6.99. The number of para-hydroxylation sites is 1. The number of likely N-dealkylation sites (tertiary alicyclic amines) is 1. The molecule has 0 radical (unpaired) electrons. The average molecular weight is 377 g/mol. The van der Waals surface area contributed by atoms with Crippen LogP contribution in [-0.2, 0) is 11.3 Å². The molecule has 3 aromatic rings. The van der Waals surface area contributed by atoms with Gasteiger partial charge in [-0.2, -0.15) is 4.98 Å². The molecule has 2 aromatic carbocycles. The molecule has 0 bridgehead atoms. The predicted octanol–water partition coefficient (Wildman–Crippen LogP) is 3.96. The lowest BCUT2D eigenvalue weighted by atomic mass is 10.1. The Hall–Kier alpha value is -3.15. The van der Waals surface area contributed by atoms with Crippen molar-refractivity contribution in [3.8, 4) is 17.1 Å². The van der Waals surface area contributed by atoms with Crippen molar-refractivity contribution in [1.82, 2.24) is 15.0 Å². The third kappa shape index (κ3) is 3.63. The summed E-state index contributed by atoms with van der Waals surface area (Å²) in [6.07, 6.45) is 0.390. The largest absolute Gasteiger partial charge is 0.493 e. The highest BCUT2D eigenvalue weighted by Crippen LogP contribution is 2.32. The smallest absolute Gasteiger partial charge is 0.232 e. The number of rotatable bonds is 6. The number of aromatic nitrogens is 2. The van der Waals surface area contributed by atoms with E-state index in [0.29, 0.717) is 37.8 Å². The molecule has 1 aromatic heterocycles. The number of amides is 1. The van der Waals surface area contributed by atoms with E-state index in [1.54, 1.807) is 0 Å². The third-order valence-corrected chi connectivity index (χ3v) is 5.06. The van der Waals surface area contributed by atoms with E-state index >= 15 is 0 Å². The van der Waals surface area contributed by atoms with Crippen LogP contribution in [0.4, 0.5) is 0 Å². The number of carbonyl (C=O) groups is 1. The van der Waals surface area contributed by atoms with Crippen molar-refractivity contribution in [2.24, 2.45) is 0 Å². The highest BCUT2D eigenvalue weighted by molar-refractivity contribution is 5.79. The van der Waals surface area contributed by atoms with Crippen LogP contribution in [0.2, 0.25) is 0 Å². The first kappa shape index (κ1) is 18.2. The van der Waals surface area contributed by atoms with Gasteiger partial charge in [-0.05, 0) is 37.1 Å². The highest BCUT2D eigenvalue weighted by atomic mass is 16.5. The predicted molar refractivity (Wildman–Crippen MR) is 105 cm³/mol. The van der Waals surface area contributed by atoms with Crippen LogP contribution < -0.4 is 4.74 Å². The minimum absolute atomic E-state index is 0.0861. The minimum Gasteiger partial charge on any atom is -0.493 e. The molecule has 1 unspecified atom stereocenters. The molecule has 1 fully saturated rings. The van der Waals surface area contributed by atoms with Crippen molar-refractivity contribution < 1.29 is 14.1 Å². The summed E-state index contributed by atoms with van der Waals surface area (Å²) in [7, 11) is 0. The Kier molecular flexibility index (Phi) is 5.10. The van der Waals surface area contributed by atoms with Gasteiger partial charge in [0.15, 0.2) is 0 Å². The lowest BCUT2D eigenvalue weighted by Gasteiger charge is -2.17. The second kappa shape index (κ2) is 7.84. The number of aryl methyl sites for hydroxylation is 1. The number of hydrogen-bond acceptors (Lipinski definition) is 5. The van der Waals surface area contributed by atoms with Gasteiger partial charge in [0.05, 0.1) is 18.1 Å². The third-order valence-electron chi connectivity index (χ3n) is 5.06. The van der Waals surface area contributed by atoms with E-state index in [2.05, 4.69) is 29.2 Å². The van der Waals surface area contributed by atoms with Crippen molar-refractivity contribution in [2.45, 2.75) is 32.7 Å². The van der Waals surface area contributed by atoms with Gasteiger partial charge >= 0.3 is 0 Å². The molecule has 0 spiro atoms. The Balaban J connectivity index is 1.51. The van der Waals surface area contributed by atoms with E-state index in [1.807, 2.05) is 48.2 Å². The van der Waals surface area contributed by atoms with Gasteiger partial charge in [0.25, 0.3) is 0 Å². The van der Waals surface area contributed by atoms with Crippen LogP contribution in [0, 0.1) is 6.92 Å². The molecular weight excluding hydrogens is 354 g/mol. The standard InChI is InChI=1S/C22H23N3O3/c1-3-27-19-11-7-6-10-18(19)21-23-22(28-24-21)17-12-20(26)25(14-17)13-16-9-5-4-8-15(16)2/h4-11,17H,3,12-14H2,1-2H3. The molecule has 0 saturated carbocycles. The molecule has 1 amide bonds. The molecule has 0 aliphatic carbocycles. The van der Waals surface area contributed by atoms with Gasteiger partial charge < -0.3 is 14.2 Å². The van der Waals surface area contributed by atoms with Crippen LogP contribution in [0.3, 0.4) is 0 Å². The first-order valence-corrected chi connectivity index (χ1v) is 9.53. The van der Waals surface area contributed by atoms with Crippen molar-refractivity contribution in [2.75, 3.05) is 13.2 Å². The van der Waals surface area contributed by atoms with Crippen LogP contribution in [0.25, 0.3) is 11.4 Å². The van der Waals surface area contributed by atoms with E-state index in [-0.39, 0.29) is 11.8 Å². The summed E-state index contributed by atoms with van der Waals surface area (Å²) in [6.45, 7) is 5.75. The van der Waals surface area contributed by atoms with Gasteiger partial charge in [-0.3, -0.25) is 4.79 Å². The van der Waals surface area contributed by atoms with E-state index in [9.17, 15) is 4.79 Å². The number of carbonyl (C=O) groups excluding carboxylic acids is 1. The average Bonchev–Trinajstić information content (AvgIpc) is 3.32. The van der Waals surface area contributed by atoms with Gasteiger partial charge in [-0.15, -0.1) is 0 Å². The lowest BCUT2D eigenvalue weighted by molar-refractivity contribution is -0.128. The SMILES string of the molecule is CCOc1ccccc1-c1noc(C2CC(=O)N(Cc3ccccc3C)C2)n1. The summed E-state index contributed by atoms with van der Waals surface area (Å²) >= 11 is 0. The number of hydrogen-bond donors (Lipinski definition) is 0. The fourth-order valence-electron chi connectivity index (χ4n) is 3.53. The van der Waals surface area contributed by atoms with Crippen molar-refractivity contribution >= 4 is 5.91 Å². The molecule has 28 heavy (non-hydrogen) atoms. The fourth-order valence-corrected chi connectivity index (χ4v) is 3.53. The molecule has 1 atom stereocenters. The molecule has 0 N–H and O–H groups in total. The molecule has 1 aliphatic heterocycles. The molecule has 1 aliphatic rings. The molecule has 1 saturated heterocycles. The zero-order valence-electron chi connectivity index (χ0n) is 16.1. The zero-order valence-corrected chi connectivity index (χ0v) is 16.1. The van der Waals surface area contributed by atoms with Crippen molar-refractivity contribution in [3.05, 3.63) is 65.5 Å². The highest BCUT2D eigenvalue weighted by Gasteiger charge is 2.34. The van der Waals surface area contributed by atoms with Crippen molar-refractivity contribution in [1.29, 1.82) is 0 Å². The lowest BCUT2D eigenvalue weighted by Crippen LogP contribution is -2.24. The second-order valence-corrected chi connectivity index (χ2v) is 6.99. The zero-order chi connectivity index (χ0) is 19.5. The van der Waals surface area contributed by atoms with Crippen LogP contribution in [-0.4, -0.2) is 34.1 Å². The first-order chi connectivity index (χ1) is 13.7. The van der Waals surface area contributed by atoms with Gasteiger partial charge in [0.1, 0.15) is 5.75 Å². The summed E-state index contributed by atoms with van der Waals surface area (Å²) in [4.78, 5) is 18.9. The summed E-state index contributed by atoms with van der Waals surface area (Å²) < 4.78 is 11.2. The van der Waals surface area contributed by atoms with Gasteiger partial charge in [-0.1, -0.05) is 41.6 Å². The molecule has 6 nitrogen and oxygen atoms in total. The molecule has 6 heteroatoms. The Morgan fingerprint density at radius 1 is 1.18 bits per heavy atom. The van der Waals surface area contributed by atoms with Crippen LogP contribution in [0.5, 0.6) is 5.75 Å². The van der Waals surface area contributed by atoms with E-state index in [0.717, 1.165) is 16.9 Å². The molecule has 144 valence electrons. The van der Waals surface area contributed by atoms with Crippen LogP contribution in [0.15, 0.2) is 53.1 Å². The van der Waals surface area contributed by atoms with E-state index in [4.69, 9.17) is 9.26 Å².